The number of nitrogens with one attached hydrogen (secondary N) is 2. The fourth-order valence-electron chi connectivity index (χ4n) is 3.62. The smallest absolute Gasteiger partial charge is 0.272 e. The molecule has 3 aromatic rings. The first-order valence-corrected chi connectivity index (χ1v) is 11.5. The summed E-state index contributed by atoms with van der Waals surface area (Å²) >= 11 is 11.8. The highest BCUT2D eigenvalue weighted by atomic mass is 35.5. The number of amides is 1. The first-order valence-electron chi connectivity index (χ1n) is 10.7. The van der Waals surface area contributed by atoms with Crippen molar-refractivity contribution in [1.29, 1.82) is 0 Å². The van der Waals surface area contributed by atoms with Crippen LogP contribution in [0.3, 0.4) is 0 Å². The third kappa shape index (κ3) is 5.30. The van der Waals surface area contributed by atoms with E-state index in [1.165, 1.54) is 0 Å². The van der Waals surface area contributed by atoms with Crippen LogP contribution < -0.4 is 20.3 Å². The lowest BCUT2D eigenvalue weighted by Gasteiger charge is -2.22. The van der Waals surface area contributed by atoms with Gasteiger partial charge in [0.15, 0.2) is 10.9 Å². The fourth-order valence-corrected chi connectivity index (χ4v) is 4.00. The van der Waals surface area contributed by atoms with Crippen LogP contribution in [0.15, 0.2) is 65.7 Å². The highest BCUT2D eigenvalue weighted by Crippen LogP contribution is 2.29. The number of benzene rings is 2. The van der Waals surface area contributed by atoms with Gasteiger partial charge in [-0.15, -0.1) is 0 Å². The number of hydrogen-bond acceptors (Lipinski definition) is 4. The number of carbonyl (C=O) groups excluding carboxylic acids is 1. The number of rotatable bonds is 6. The molecule has 6 nitrogen and oxygen atoms in total. The number of likely N-dealkylation sites (N-methyl/N-ethyl adjacent to an activating group) is 1. The second-order valence-corrected chi connectivity index (χ2v) is 8.48. The van der Waals surface area contributed by atoms with Gasteiger partial charge >= 0.3 is 0 Å². The number of aliphatic imine (C=N–C) groups is 1. The second kappa shape index (κ2) is 10.6. The van der Waals surface area contributed by atoms with E-state index in [0.29, 0.717) is 34.6 Å². The van der Waals surface area contributed by atoms with E-state index in [-0.39, 0.29) is 5.91 Å². The summed E-state index contributed by atoms with van der Waals surface area (Å²) in [5, 5.41) is 7.11. The molecular formula is C26H23ClN4O2S. The minimum Gasteiger partial charge on any atom is -0.489 e. The Bertz CT molecular complexity index is 1220. The van der Waals surface area contributed by atoms with E-state index >= 15 is 0 Å². The molecule has 1 unspecified atom stereocenters. The van der Waals surface area contributed by atoms with Crippen molar-refractivity contribution >= 4 is 46.2 Å². The molecule has 0 aliphatic carbocycles. The maximum Gasteiger partial charge on any atom is 0.272 e. The van der Waals surface area contributed by atoms with Gasteiger partial charge in [0.2, 0.25) is 6.17 Å². The molecule has 172 valence electrons. The number of methoxy groups -OCH3 is 1. The summed E-state index contributed by atoms with van der Waals surface area (Å²) < 4.78 is 5.11. The van der Waals surface area contributed by atoms with Crippen LogP contribution in [0.4, 0.5) is 5.69 Å². The molecule has 0 aromatic heterocycles. The van der Waals surface area contributed by atoms with Crippen molar-refractivity contribution < 1.29 is 9.53 Å². The number of anilines is 1. The quantitative estimate of drug-likeness (QED) is 0.515. The molecule has 4 rings (SSSR count). The van der Waals surface area contributed by atoms with Crippen molar-refractivity contribution in [2.24, 2.45) is 4.99 Å². The van der Waals surface area contributed by atoms with Crippen LogP contribution in [0.5, 0.6) is 5.75 Å². The molecule has 3 aromatic carbocycles. The number of benzodiazepines with no additional fused rings is 1. The molecule has 1 atom stereocenters. The van der Waals surface area contributed by atoms with E-state index in [1.54, 1.807) is 25.1 Å². The summed E-state index contributed by atoms with van der Waals surface area (Å²) in [7, 11) is 3.32. The van der Waals surface area contributed by atoms with Crippen molar-refractivity contribution in [2.75, 3.05) is 25.6 Å². The molecule has 0 saturated heterocycles. The number of thiocarbonyl (C=S) groups is 1. The zero-order valence-electron chi connectivity index (χ0n) is 18.8. The largest absolute Gasteiger partial charge is 0.489 e. The summed E-state index contributed by atoms with van der Waals surface area (Å²) in [4.78, 5) is 19.6. The normalized spacial score (nSPS) is 14.9. The average Bonchev–Trinajstić information content (AvgIpc) is 2.95. The molecular weight excluding hydrogens is 468 g/mol. The molecule has 1 heterocycles. The highest BCUT2D eigenvalue weighted by molar-refractivity contribution is 7.80. The highest BCUT2D eigenvalue weighted by Gasteiger charge is 2.30. The Kier molecular flexibility index (Phi) is 7.31. The Morgan fingerprint density at radius 2 is 1.97 bits per heavy atom. The predicted molar refractivity (Wildman–Crippen MR) is 139 cm³/mol. The number of fused-ring (bicyclic) bond motifs is 1. The van der Waals surface area contributed by atoms with Crippen molar-refractivity contribution in [1.82, 2.24) is 10.6 Å². The van der Waals surface area contributed by atoms with Crippen LogP contribution in [-0.2, 0) is 11.2 Å². The van der Waals surface area contributed by atoms with Gasteiger partial charge in [0.1, 0.15) is 0 Å². The van der Waals surface area contributed by atoms with Crippen LogP contribution in [0.25, 0.3) is 0 Å². The lowest BCUT2D eigenvalue weighted by molar-refractivity contribution is -0.119. The van der Waals surface area contributed by atoms with Crippen molar-refractivity contribution in [3.05, 3.63) is 94.5 Å². The van der Waals surface area contributed by atoms with Gasteiger partial charge in [-0.1, -0.05) is 48.0 Å². The lowest BCUT2D eigenvalue weighted by atomic mass is 10.0. The fraction of sp³-hybridized carbons (Fsp3) is 0.192. The zero-order valence-corrected chi connectivity index (χ0v) is 20.3. The van der Waals surface area contributed by atoms with E-state index in [2.05, 4.69) is 22.8 Å². The monoisotopic (exact) mass is 490 g/mol. The molecule has 1 amide bonds. The first kappa shape index (κ1) is 23.6. The van der Waals surface area contributed by atoms with Crippen LogP contribution >= 0.6 is 23.8 Å². The Morgan fingerprint density at radius 3 is 2.68 bits per heavy atom. The van der Waals surface area contributed by atoms with Crippen molar-refractivity contribution in [3.63, 3.8) is 0 Å². The van der Waals surface area contributed by atoms with Crippen molar-refractivity contribution in [2.45, 2.75) is 12.6 Å². The number of halogens is 1. The molecule has 34 heavy (non-hydrogen) atoms. The molecule has 2 N–H and O–H groups in total. The Hall–Kier alpha value is -3.60. The van der Waals surface area contributed by atoms with Gasteiger partial charge in [0.25, 0.3) is 5.91 Å². The summed E-state index contributed by atoms with van der Waals surface area (Å²) in [6.07, 6.45) is -0.212. The molecule has 0 fully saturated rings. The molecule has 0 bridgehead atoms. The third-order valence-corrected chi connectivity index (χ3v) is 5.89. The molecule has 8 heteroatoms. The summed E-state index contributed by atoms with van der Waals surface area (Å²) in [5.41, 5.74) is 4.03. The predicted octanol–water partition coefficient (Wildman–Crippen LogP) is 3.80. The number of ether oxygens (including phenoxy) is 1. The Balaban J connectivity index is 1.53. The van der Waals surface area contributed by atoms with E-state index < -0.39 is 6.17 Å². The number of nitrogens with zero attached hydrogens (tertiary/aromatic N) is 2. The minimum absolute atomic E-state index is 0.225. The summed E-state index contributed by atoms with van der Waals surface area (Å²) in [6.45, 7) is 0.560. The standard InChI is InChI=1S/C26H23ClN4O2S/c1-31-22-13-10-19(27)16-21(22)23(18-6-4-3-5-7-18)29-24(25(31)32)30-26(34)28-15-14-17-8-11-20(33-2)12-9-17/h3-8,10-11,13,16,24H,14-15H2,1-2H3,(H2,28,30,34). The van der Waals surface area contributed by atoms with E-state index in [1.807, 2.05) is 54.6 Å². The van der Waals surface area contributed by atoms with Gasteiger partial charge in [0.05, 0.1) is 18.5 Å². The first-order chi connectivity index (χ1) is 16.5. The van der Waals surface area contributed by atoms with Gasteiger partial charge in [-0.3, -0.25) is 4.79 Å². The maximum absolute atomic E-state index is 13.3. The molecule has 0 spiro atoms. The third-order valence-electron chi connectivity index (χ3n) is 5.39. The van der Waals surface area contributed by atoms with Gasteiger partial charge < -0.3 is 20.3 Å². The van der Waals surface area contributed by atoms with Gasteiger partial charge in [-0.25, -0.2) is 4.99 Å². The summed E-state index contributed by atoms with van der Waals surface area (Å²) in [5.74, 6) is 0.413. The van der Waals surface area contributed by atoms with Crippen LogP contribution in [-0.4, -0.2) is 43.6 Å². The van der Waals surface area contributed by atoms with Crippen molar-refractivity contribution in [3.8, 4) is 5.75 Å². The SMILES string of the molecule is COc1c#cc(CCNC(=S)NC2N=C(c3ccccc3)c3cc(Cl)ccc3N(C)C2=O)cc1. The Morgan fingerprint density at radius 1 is 1.18 bits per heavy atom. The van der Waals surface area contributed by atoms with E-state index in [4.69, 9.17) is 33.5 Å². The Labute approximate surface area is 209 Å². The number of carbonyl (C=O) groups is 1. The molecule has 1 aliphatic rings. The van der Waals surface area contributed by atoms with Gasteiger partial charge in [-0.2, -0.15) is 0 Å². The van der Waals surface area contributed by atoms with Crippen LogP contribution in [0.1, 0.15) is 16.7 Å². The minimum atomic E-state index is -0.896. The lowest BCUT2D eigenvalue weighted by Crippen LogP contribution is -2.49. The van der Waals surface area contributed by atoms with E-state index in [9.17, 15) is 4.79 Å². The van der Waals surface area contributed by atoms with Gasteiger partial charge in [0, 0.05) is 35.3 Å². The second-order valence-electron chi connectivity index (χ2n) is 7.63. The maximum atomic E-state index is 13.3. The summed E-state index contributed by atoms with van der Waals surface area (Å²) in [6, 6.07) is 24.9. The molecule has 1 aliphatic heterocycles. The zero-order chi connectivity index (χ0) is 24.1. The molecule has 0 radical (unpaired) electrons. The van der Waals surface area contributed by atoms with Crippen LogP contribution in [0, 0.1) is 12.1 Å². The average molecular weight is 491 g/mol. The van der Waals surface area contributed by atoms with Gasteiger partial charge in [-0.05, 0) is 55.0 Å². The van der Waals surface area contributed by atoms with Crippen LogP contribution in [0.2, 0.25) is 5.02 Å². The molecule has 0 saturated carbocycles. The number of hydrogen-bond donors (Lipinski definition) is 2. The topological polar surface area (TPSA) is 66.0 Å². The van der Waals surface area contributed by atoms with E-state index in [0.717, 1.165) is 22.4 Å².